The minimum Gasteiger partial charge on any atom is -0.497 e. The van der Waals surface area contributed by atoms with Crippen molar-refractivity contribution < 1.29 is 19.0 Å². The fourth-order valence-electron chi connectivity index (χ4n) is 1.87. The first-order valence-electron chi connectivity index (χ1n) is 5.61. The van der Waals surface area contributed by atoms with Crippen LogP contribution in [-0.2, 0) is 9.53 Å². The first-order chi connectivity index (χ1) is 8.22. The number of methoxy groups -OCH3 is 2. The van der Waals surface area contributed by atoms with Gasteiger partial charge in [0.2, 0.25) is 0 Å². The lowest BCUT2D eigenvalue weighted by Crippen LogP contribution is -2.38. The van der Waals surface area contributed by atoms with Crippen molar-refractivity contribution in [2.75, 3.05) is 14.2 Å². The van der Waals surface area contributed by atoms with Gasteiger partial charge in [0.25, 0.3) is 0 Å². The minimum absolute atomic E-state index is 0.00301. The Hall–Kier alpha value is -1.71. The number of benzene rings is 1. The average Bonchev–Trinajstić information content (AvgIpc) is 2.33. The van der Waals surface area contributed by atoms with Crippen LogP contribution in [0, 0.1) is 5.92 Å². The van der Waals surface area contributed by atoms with Crippen LogP contribution in [0.15, 0.2) is 24.3 Å². The van der Waals surface area contributed by atoms with Crippen LogP contribution in [0.3, 0.4) is 0 Å². The molecule has 0 unspecified atom stereocenters. The van der Waals surface area contributed by atoms with Crippen LogP contribution in [0.2, 0.25) is 0 Å². The summed E-state index contributed by atoms with van der Waals surface area (Å²) >= 11 is 0. The standard InChI is InChI=1S/C13H16O4/c1-15-10-3-5-11(6-4-10)17-12-7-9(8-12)13(14)16-2/h3-6,9,12H,7-8H2,1-2H3. The number of hydrogen-bond donors (Lipinski definition) is 0. The molecule has 0 saturated heterocycles. The van der Waals surface area contributed by atoms with Crippen LogP contribution in [0.4, 0.5) is 0 Å². The molecule has 1 fully saturated rings. The first-order valence-corrected chi connectivity index (χ1v) is 5.61. The fourth-order valence-corrected chi connectivity index (χ4v) is 1.87. The second-order valence-corrected chi connectivity index (χ2v) is 4.11. The summed E-state index contributed by atoms with van der Waals surface area (Å²) in [6.07, 6.45) is 1.59. The summed E-state index contributed by atoms with van der Waals surface area (Å²) in [6.45, 7) is 0. The van der Waals surface area contributed by atoms with E-state index < -0.39 is 0 Å². The van der Waals surface area contributed by atoms with E-state index in [0.717, 1.165) is 24.3 Å². The molecular weight excluding hydrogens is 220 g/mol. The lowest BCUT2D eigenvalue weighted by atomic mass is 9.82. The zero-order valence-corrected chi connectivity index (χ0v) is 10.0. The smallest absolute Gasteiger partial charge is 0.308 e. The lowest BCUT2D eigenvalue weighted by Gasteiger charge is -2.33. The Morgan fingerprint density at radius 3 is 2.24 bits per heavy atom. The predicted octanol–water partition coefficient (Wildman–Crippen LogP) is 2.03. The van der Waals surface area contributed by atoms with Gasteiger partial charge in [-0.2, -0.15) is 0 Å². The van der Waals surface area contributed by atoms with Gasteiger partial charge in [-0.15, -0.1) is 0 Å². The van der Waals surface area contributed by atoms with Gasteiger partial charge in [-0.05, 0) is 37.1 Å². The van der Waals surface area contributed by atoms with Crippen molar-refractivity contribution >= 4 is 5.97 Å². The van der Waals surface area contributed by atoms with Crippen LogP contribution in [-0.4, -0.2) is 26.3 Å². The van der Waals surface area contributed by atoms with Gasteiger partial charge in [-0.25, -0.2) is 0 Å². The highest BCUT2D eigenvalue weighted by atomic mass is 16.5. The molecule has 4 heteroatoms. The molecular formula is C13H16O4. The number of carbonyl (C=O) groups is 1. The topological polar surface area (TPSA) is 44.8 Å². The molecule has 17 heavy (non-hydrogen) atoms. The van der Waals surface area contributed by atoms with Gasteiger partial charge in [-0.1, -0.05) is 0 Å². The fraction of sp³-hybridized carbons (Fsp3) is 0.462. The molecule has 1 aliphatic carbocycles. The summed E-state index contributed by atoms with van der Waals surface area (Å²) in [5.74, 6) is 1.47. The first kappa shape index (κ1) is 11.8. The quantitative estimate of drug-likeness (QED) is 0.750. The molecule has 0 radical (unpaired) electrons. The van der Waals surface area contributed by atoms with E-state index >= 15 is 0 Å². The van der Waals surface area contributed by atoms with E-state index in [1.165, 1.54) is 7.11 Å². The second-order valence-electron chi connectivity index (χ2n) is 4.11. The molecule has 0 N–H and O–H groups in total. The molecule has 0 spiro atoms. The summed E-state index contributed by atoms with van der Waals surface area (Å²) in [5.41, 5.74) is 0. The van der Waals surface area contributed by atoms with Crippen LogP contribution < -0.4 is 9.47 Å². The molecule has 0 amide bonds. The largest absolute Gasteiger partial charge is 0.497 e. The highest BCUT2D eigenvalue weighted by Crippen LogP contribution is 2.32. The molecule has 1 aliphatic rings. The highest BCUT2D eigenvalue weighted by Gasteiger charge is 2.36. The van der Waals surface area contributed by atoms with E-state index in [1.807, 2.05) is 24.3 Å². The van der Waals surface area contributed by atoms with E-state index in [2.05, 4.69) is 4.74 Å². The maximum atomic E-state index is 11.2. The second kappa shape index (κ2) is 5.08. The molecule has 1 aromatic carbocycles. The van der Waals surface area contributed by atoms with Crippen LogP contribution >= 0.6 is 0 Å². The molecule has 0 atom stereocenters. The van der Waals surface area contributed by atoms with Crippen molar-refractivity contribution in [3.05, 3.63) is 24.3 Å². The molecule has 0 aliphatic heterocycles. The number of hydrogen-bond acceptors (Lipinski definition) is 4. The Morgan fingerprint density at radius 1 is 1.12 bits per heavy atom. The van der Waals surface area contributed by atoms with Crippen LogP contribution in [0.1, 0.15) is 12.8 Å². The summed E-state index contributed by atoms with van der Waals surface area (Å²) in [7, 11) is 3.04. The van der Waals surface area contributed by atoms with Crippen molar-refractivity contribution in [3.63, 3.8) is 0 Å². The molecule has 1 saturated carbocycles. The molecule has 2 rings (SSSR count). The molecule has 1 aromatic rings. The van der Waals surface area contributed by atoms with Gasteiger partial charge in [0.05, 0.1) is 20.1 Å². The monoisotopic (exact) mass is 236 g/mol. The number of rotatable bonds is 4. The number of carbonyl (C=O) groups excluding carboxylic acids is 1. The Labute approximate surface area is 100 Å². The predicted molar refractivity (Wildman–Crippen MR) is 62.2 cm³/mol. The number of ether oxygens (including phenoxy) is 3. The molecule has 0 bridgehead atoms. The van der Waals surface area contributed by atoms with Crippen molar-refractivity contribution in [1.82, 2.24) is 0 Å². The summed E-state index contributed by atoms with van der Waals surface area (Å²) in [4.78, 5) is 11.2. The maximum Gasteiger partial charge on any atom is 0.308 e. The molecule has 0 heterocycles. The van der Waals surface area contributed by atoms with Gasteiger partial charge in [0.15, 0.2) is 0 Å². The van der Waals surface area contributed by atoms with Gasteiger partial charge < -0.3 is 14.2 Å². The van der Waals surface area contributed by atoms with E-state index in [1.54, 1.807) is 7.11 Å². The van der Waals surface area contributed by atoms with Crippen molar-refractivity contribution in [1.29, 1.82) is 0 Å². The third kappa shape index (κ3) is 2.70. The van der Waals surface area contributed by atoms with Gasteiger partial charge in [-0.3, -0.25) is 4.79 Å². The van der Waals surface area contributed by atoms with E-state index in [0.29, 0.717) is 0 Å². The van der Waals surface area contributed by atoms with Crippen molar-refractivity contribution in [3.8, 4) is 11.5 Å². The number of esters is 1. The lowest BCUT2D eigenvalue weighted by molar-refractivity contribution is -0.151. The Kier molecular flexibility index (Phi) is 3.52. The van der Waals surface area contributed by atoms with Crippen LogP contribution in [0.25, 0.3) is 0 Å². The normalized spacial score (nSPS) is 22.5. The average molecular weight is 236 g/mol. The molecule has 92 valence electrons. The Balaban J connectivity index is 1.81. The van der Waals surface area contributed by atoms with E-state index in [-0.39, 0.29) is 18.0 Å². The van der Waals surface area contributed by atoms with Crippen molar-refractivity contribution in [2.45, 2.75) is 18.9 Å². The minimum atomic E-state index is -0.139. The Morgan fingerprint density at radius 2 is 1.71 bits per heavy atom. The maximum absolute atomic E-state index is 11.2. The third-order valence-electron chi connectivity index (χ3n) is 2.99. The highest BCUT2D eigenvalue weighted by molar-refractivity contribution is 5.73. The van der Waals surface area contributed by atoms with Crippen molar-refractivity contribution in [2.24, 2.45) is 5.92 Å². The summed E-state index contributed by atoms with van der Waals surface area (Å²) < 4.78 is 15.4. The van der Waals surface area contributed by atoms with E-state index in [9.17, 15) is 4.79 Å². The molecule has 0 aromatic heterocycles. The van der Waals surface area contributed by atoms with Gasteiger partial charge in [0, 0.05) is 0 Å². The van der Waals surface area contributed by atoms with Crippen LogP contribution in [0.5, 0.6) is 11.5 Å². The zero-order chi connectivity index (χ0) is 12.3. The van der Waals surface area contributed by atoms with Gasteiger partial charge >= 0.3 is 5.97 Å². The molecule has 4 nitrogen and oxygen atoms in total. The summed E-state index contributed by atoms with van der Waals surface area (Å²) in [5, 5.41) is 0. The zero-order valence-electron chi connectivity index (χ0n) is 10.0. The summed E-state index contributed by atoms with van der Waals surface area (Å²) in [6, 6.07) is 7.44. The Bertz CT molecular complexity index is 379. The van der Waals surface area contributed by atoms with Gasteiger partial charge in [0.1, 0.15) is 17.6 Å². The third-order valence-corrected chi connectivity index (χ3v) is 2.99. The SMILES string of the molecule is COC(=O)C1CC(Oc2ccc(OC)cc2)C1. The van der Waals surface area contributed by atoms with E-state index in [4.69, 9.17) is 9.47 Å².